The third-order valence-corrected chi connectivity index (χ3v) is 2.25. The van der Waals surface area contributed by atoms with Gasteiger partial charge >= 0.3 is 0 Å². The molecule has 0 aliphatic rings. The molecule has 0 spiro atoms. The molecule has 0 heterocycles. The quantitative estimate of drug-likeness (QED) is 0.779. The van der Waals surface area contributed by atoms with E-state index in [1.54, 1.807) is 6.07 Å². The second kappa shape index (κ2) is 4.13. The van der Waals surface area contributed by atoms with E-state index in [9.17, 15) is 0 Å². The van der Waals surface area contributed by atoms with E-state index in [0.717, 1.165) is 5.56 Å². The van der Waals surface area contributed by atoms with Crippen molar-refractivity contribution in [2.75, 3.05) is 7.05 Å². The summed E-state index contributed by atoms with van der Waals surface area (Å²) in [5, 5.41) is 4.48. The number of hydrogen-bond acceptors (Lipinski definition) is 1. The summed E-state index contributed by atoms with van der Waals surface area (Å²) < 4.78 is 0. The Hall–Kier alpha value is -0.240. The van der Waals surface area contributed by atoms with Gasteiger partial charge in [-0.25, -0.2) is 0 Å². The van der Waals surface area contributed by atoms with E-state index in [-0.39, 0.29) is 6.04 Å². The summed E-state index contributed by atoms with van der Waals surface area (Å²) in [6.07, 6.45) is 0. The Bertz CT molecular complexity index is 253. The van der Waals surface area contributed by atoms with Gasteiger partial charge in [0.15, 0.2) is 0 Å². The molecule has 0 aliphatic heterocycles. The molecule has 66 valence electrons. The van der Waals surface area contributed by atoms with Crippen molar-refractivity contribution in [1.82, 2.24) is 5.32 Å². The Morgan fingerprint density at radius 1 is 1.17 bits per heavy atom. The first-order chi connectivity index (χ1) is 5.63. The maximum atomic E-state index is 5.84. The first kappa shape index (κ1) is 9.85. The van der Waals surface area contributed by atoms with Crippen molar-refractivity contribution < 1.29 is 0 Å². The van der Waals surface area contributed by atoms with Crippen molar-refractivity contribution in [3.63, 3.8) is 0 Å². The van der Waals surface area contributed by atoms with Crippen molar-refractivity contribution in [2.24, 2.45) is 0 Å². The predicted molar refractivity (Wildman–Crippen MR) is 53.9 cm³/mol. The predicted octanol–water partition coefficient (Wildman–Crippen LogP) is 3.27. The Morgan fingerprint density at radius 3 is 2.08 bits per heavy atom. The van der Waals surface area contributed by atoms with Gasteiger partial charge < -0.3 is 5.32 Å². The summed E-state index contributed by atoms with van der Waals surface area (Å²) >= 11 is 11.7. The molecule has 12 heavy (non-hydrogen) atoms. The van der Waals surface area contributed by atoms with Crippen LogP contribution >= 0.6 is 23.2 Å². The van der Waals surface area contributed by atoms with E-state index in [2.05, 4.69) is 12.2 Å². The summed E-state index contributed by atoms with van der Waals surface area (Å²) in [7, 11) is 1.90. The van der Waals surface area contributed by atoms with Gasteiger partial charge in [0.2, 0.25) is 0 Å². The van der Waals surface area contributed by atoms with E-state index < -0.39 is 0 Å². The van der Waals surface area contributed by atoms with E-state index >= 15 is 0 Å². The molecular weight excluding hydrogens is 193 g/mol. The van der Waals surface area contributed by atoms with E-state index in [1.165, 1.54) is 0 Å². The lowest BCUT2D eigenvalue weighted by Gasteiger charge is -2.10. The lowest BCUT2D eigenvalue weighted by molar-refractivity contribution is 0.652. The summed E-state index contributed by atoms with van der Waals surface area (Å²) in [6, 6.07) is 5.83. The van der Waals surface area contributed by atoms with Gasteiger partial charge in [-0.3, -0.25) is 0 Å². The average Bonchev–Trinajstić information content (AvgIpc) is 2.01. The molecule has 1 aromatic rings. The number of nitrogens with one attached hydrogen (secondary N) is 1. The van der Waals surface area contributed by atoms with E-state index in [0.29, 0.717) is 10.0 Å². The van der Waals surface area contributed by atoms with Gasteiger partial charge in [0, 0.05) is 16.1 Å². The minimum Gasteiger partial charge on any atom is -0.313 e. The number of hydrogen-bond donors (Lipinski definition) is 1. The summed E-state index contributed by atoms with van der Waals surface area (Å²) in [5.41, 5.74) is 1.11. The monoisotopic (exact) mass is 203 g/mol. The molecule has 0 bridgehead atoms. The fourth-order valence-electron chi connectivity index (χ4n) is 0.992. The normalized spacial score (nSPS) is 13.0. The molecule has 1 N–H and O–H groups in total. The summed E-state index contributed by atoms with van der Waals surface area (Å²) in [4.78, 5) is 0. The van der Waals surface area contributed by atoms with Crippen LogP contribution in [0.4, 0.5) is 0 Å². The maximum Gasteiger partial charge on any atom is 0.0424 e. The molecule has 1 nitrogen and oxygen atoms in total. The Balaban J connectivity index is 3.00. The lowest BCUT2D eigenvalue weighted by Crippen LogP contribution is -2.12. The molecule has 0 amide bonds. The summed E-state index contributed by atoms with van der Waals surface area (Å²) in [6.45, 7) is 2.06. The highest BCUT2D eigenvalue weighted by atomic mass is 35.5. The van der Waals surface area contributed by atoms with Gasteiger partial charge in [-0.05, 0) is 37.7 Å². The van der Waals surface area contributed by atoms with Crippen LogP contribution < -0.4 is 5.32 Å². The molecule has 0 saturated carbocycles. The minimum absolute atomic E-state index is 0.279. The lowest BCUT2D eigenvalue weighted by atomic mass is 10.1. The first-order valence-electron chi connectivity index (χ1n) is 3.76. The van der Waals surface area contributed by atoms with Crippen LogP contribution in [0.5, 0.6) is 0 Å². The molecule has 0 saturated heterocycles. The van der Waals surface area contributed by atoms with Crippen molar-refractivity contribution in [1.29, 1.82) is 0 Å². The maximum absolute atomic E-state index is 5.84. The third-order valence-electron chi connectivity index (χ3n) is 1.82. The summed E-state index contributed by atoms with van der Waals surface area (Å²) in [5.74, 6) is 0. The molecule has 1 aromatic carbocycles. The van der Waals surface area contributed by atoms with E-state index in [1.807, 2.05) is 19.2 Å². The van der Waals surface area contributed by atoms with Crippen LogP contribution in [0.15, 0.2) is 18.2 Å². The van der Waals surface area contributed by atoms with Crippen molar-refractivity contribution >= 4 is 23.2 Å². The molecule has 0 fully saturated rings. The third kappa shape index (κ3) is 2.37. The smallest absolute Gasteiger partial charge is 0.0424 e. The van der Waals surface area contributed by atoms with Gasteiger partial charge in [0.25, 0.3) is 0 Å². The van der Waals surface area contributed by atoms with Crippen molar-refractivity contribution in [3.8, 4) is 0 Å². The van der Waals surface area contributed by atoms with Crippen molar-refractivity contribution in [2.45, 2.75) is 13.0 Å². The molecule has 1 atom stereocenters. The highest BCUT2D eigenvalue weighted by Gasteiger charge is 2.03. The van der Waals surface area contributed by atoms with Gasteiger partial charge in [-0.15, -0.1) is 0 Å². The number of halogens is 2. The second-order valence-electron chi connectivity index (χ2n) is 2.71. The largest absolute Gasteiger partial charge is 0.313 e. The van der Waals surface area contributed by atoms with Crippen molar-refractivity contribution in [3.05, 3.63) is 33.8 Å². The topological polar surface area (TPSA) is 12.0 Å². The molecule has 0 aliphatic carbocycles. The molecular formula is C9H11Cl2N. The zero-order chi connectivity index (χ0) is 9.14. The van der Waals surface area contributed by atoms with Crippen LogP contribution in [0.3, 0.4) is 0 Å². The van der Waals surface area contributed by atoms with Gasteiger partial charge in [0.1, 0.15) is 0 Å². The Morgan fingerprint density at radius 2 is 1.67 bits per heavy atom. The van der Waals surface area contributed by atoms with E-state index in [4.69, 9.17) is 23.2 Å². The number of benzene rings is 1. The Labute approximate surface area is 82.7 Å². The standard InChI is InChI=1S/C9H11Cl2N/c1-6(12-2)7-3-8(10)5-9(11)4-7/h3-6,12H,1-2H3/t6-/m1/s1. The fourth-order valence-corrected chi connectivity index (χ4v) is 1.53. The average molecular weight is 204 g/mol. The van der Waals surface area contributed by atoms with Crippen LogP contribution in [-0.4, -0.2) is 7.05 Å². The fraction of sp³-hybridized carbons (Fsp3) is 0.333. The second-order valence-corrected chi connectivity index (χ2v) is 3.59. The molecule has 1 rings (SSSR count). The SMILES string of the molecule is CN[C@H](C)c1cc(Cl)cc(Cl)c1. The molecule has 0 radical (unpaired) electrons. The highest BCUT2D eigenvalue weighted by molar-refractivity contribution is 6.34. The van der Waals surface area contributed by atoms with Gasteiger partial charge in [-0.2, -0.15) is 0 Å². The minimum atomic E-state index is 0.279. The molecule has 3 heteroatoms. The molecule has 0 unspecified atom stereocenters. The highest BCUT2D eigenvalue weighted by Crippen LogP contribution is 2.22. The van der Waals surface area contributed by atoms with Crippen LogP contribution in [0, 0.1) is 0 Å². The van der Waals surface area contributed by atoms with Gasteiger partial charge in [0.05, 0.1) is 0 Å². The van der Waals surface area contributed by atoms with Crippen LogP contribution in [0.1, 0.15) is 18.5 Å². The van der Waals surface area contributed by atoms with Crippen LogP contribution in [-0.2, 0) is 0 Å². The Kier molecular flexibility index (Phi) is 3.39. The molecule has 0 aromatic heterocycles. The van der Waals surface area contributed by atoms with Crippen LogP contribution in [0.2, 0.25) is 10.0 Å². The first-order valence-corrected chi connectivity index (χ1v) is 4.52. The number of rotatable bonds is 2. The van der Waals surface area contributed by atoms with Gasteiger partial charge in [-0.1, -0.05) is 23.2 Å². The zero-order valence-electron chi connectivity index (χ0n) is 7.07. The van der Waals surface area contributed by atoms with Crippen LogP contribution in [0.25, 0.3) is 0 Å². The zero-order valence-corrected chi connectivity index (χ0v) is 8.58.